The van der Waals surface area contributed by atoms with Crippen molar-refractivity contribution in [1.82, 2.24) is 10.1 Å². The van der Waals surface area contributed by atoms with E-state index in [0.717, 1.165) is 54.4 Å². The highest BCUT2D eigenvalue weighted by atomic mass is 16.5. The fourth-order valence-corrected chi connectivity index (χ4v) is 3.82. The molecular weight excluding hydrogens is 344 g/mol. The molecule has 1 aliphatic heterocycles. The fraction of sp³-hybridized carbons (Fsp3) is 0.524. The number of benzene rings is 1. The second kappa shape index (κ2) is 8.46. The van der Waals surface area contributed by atoms with Crippen molar-refractivity contribution in [3.8, 4) is 11.5 Å². The van der Waals surface area contributed by atoms with Gasteiger partial charge in [-0.3, -0.25) is 4.79 Å². The molecule has 1 aliphatic rings. The van der Waals surface area contributed by atoms with Gasteiger partial charge in [0.25, 0.3) is 0 Å². The van der Waals surface area contributed by atoms with Crippen LogP contribution in [0.25, 0.3) is 0 Å². The van der Waals surface area contributed by atoms with Crippen LogP contribution in [0.15, 0.2) is 22.7 Å². The quantitative estimate of drug-likeness (QED) is 0.746. The third-order valence-corrected chi connectivity index (χ3v) is 5.38. The molecule has 0 aliphatic carbocycles. The van der Waals surface area contributed by atoms with Crippen LogP contribution >= 0.6 is 0 Å². The fourth-order valence-electron chi connectivity index (χ4n) is 3.82. The maximum absolute atomic E-state index is 12.6. The molecular formula is C21H28N2O4. The predicted molar refractivity (Wildman–Crippen MR) is 102 cm³/mol. The van der Waals surface area contributed by atoms with Crippen molar-refractivity contribution in [2.45, 2.75) is 39.5 Å². The molecule has 1 amide bonds. The SMILES string of the molecule is COc1ccc(CC2CCN(C(=O)CCc3c(C)noc3C)C2)cc1OC. The lowest BCUT2D eigenvalue weighted by Gasteiger charge is -2.17. The van der Waals surface area contributed by atoms with Gasteiger partial charge in [-0.05, 0) is 56.7 Å². The van der Waals surface area contributed by atoms with Gasteiger partial charge in [0.05, 0.1) is 19.9 Å². The summed E-state index contributed by atoms with van der Waals surface area (Å²) < 4.78 is 15.9. The lowest BCUT2D eigenvalue weighted by atomic mass is 9.98. The Labute approximate surface area is 160 Å². The number of aromatic nitrogens is 1. The van der Waals surface area contributed by atoms with E-state index in [1.165, 1.54) is 5.56 Å². The molecule has 1 aromatic carbocycles. The van der Waals surface area contributed by atoms with Crippen LogP contribution < -0.4 is 9.47 Å². The minimum Gasteiger partial charge on any atom is -0.493 e. The summed E-state index contributed by atoms with van der Waals surface area (Å²) >= 11 is 0. The maximum atomic E-state index is 12.6. The first-order valence-corrected chi connectivity index (χ1v) is 9.42. The highest BCUT2D eigenvalue weighted by molar-refractivity contribution is 5.76. The minimum atomic E-state index is 0.213. The van der Waals surface area contributed by atoms with Crippen molar-refractivity contribution in [3.05, 3.63) is 40.8 Å². The number of ether oxygens (including phenoxy) is 2. The first-order chi connectivity index (χ1) is 13.0. The van der Waals surface area contributed by atoms with Crippen LogP contribution in [-0.4, -0.2) is 43.3 Å². The van der Waals surface area contributed by atoms with Crippen LogP contribution in [0.1, 0.15) is 35.4 Å². The van der Waals surface area contributed by atoms with Crippen LogP contribution in [0, 0.1) is 19.8 Å². The second-order valence-electron chi connectivity index (χ2n) is 7.19. The monoisotopic (exact) mass is 372 g/mol. The molecule has 0 N–H and O–H groups in total. The molecule has 0 radical (unpaired) electrons. The predicted octanol–water partition coefficient (Wildman–Crippen LogP) is 3.33. The van der Waals surface area contributed by atoms with E-state index in [-0.39, 0.29) is 5.91 Å². The number of amides is 1. The van der Waals surface area contributed by atoms with Crippen molar-refractivity contribution in [1.29, 1.82) is 0 Å². The molecule has 0 spiro atoms. The molecule has 1 saturated heterocycles. The third kappa shape index (κ3) is 4.43. The zero-order valence-electron chi connectivity index (χ0n) is 16.6. The summed E-state index contributed by atoms with van der Waals surface area (Å²) in [6, 6.07) is 6.04. The minimum absolute atomic E-state index is 0.213. The van der Waals surface area contributed by atoms with Gasteiger partial charge in [-0.1, -0.05) is 11.2 Å². The number of hydrogen-bond donors (Lipinski definition) is 0. The summed E-state index contributed by atoms with van der Waals surface area (Å²) in [5, 5.41) is 3.96. The van der Waals surface area contributed by atoms with E-state index < -0.39 is 0 Å². The average Bonchev–Trinajstić information content (AvgIpc) is 3.26. The molecule has 0 saturated carbocycles. The van der Waals surface area contributed by atoms with Gasteiger partial charge in [0.1, 0.15) is 5.76 Å². The molecule has 0 bridgehead atoms. The summed E-state index contributed by atoms with van der Waals surface area (Å²) in [5.74, 6) is 2.99. The van der Waals surface area contributed by atoms with Crippen molar-refractivity contribution in [2.75, 3.05) is 27.3 Å². The molecule has 1 fully saturated rings. The topological polar surface area (TPSA) is 64.8 Å². The third-order valence-electron chi connectivity index (χ3n) is 5.38. The van der Waals surface area contributed by atoms with E-state index >= 15 is 0 Å². The molecule has 27 heavy (non-hydrogen) atoms. The number of hydrogen-bond acceptors (Lipinski definition) is 5. The highest BCUT2D eigenvalue weighted by Crippen LogP contribution is 2.30. The zero-order chi connectivity index (χ0) is 19.4. The summed E-state index contributed by atoms with van der Waals surface area (Å²) in [4.78, 5) is 14.6. The molecule has 2 heterocycles. The van der Waals surface area contributed by atoms with Crippen LogP contribution in [0.3, 0.4) is 0 Å². The van der Waals surface area contributed by atoms with Crippen molar-refractivity contribution in [2.24, 2.45) is 5.92 Å². The lowest BCUT2D eigenvalue weighted by Crippen LogP contribution is -2.29. The molecule has 1 aromatic heterocycles. The van der Waals surface area contributed by atoms with E-state index in [9.17, 15) is 4.79 Å². The number of rotatable bonds is 7. The van der Waals surface area contributed by atoms with E-state index in [2.05, 4.69) is 11.2 Å². The van der Waals surface area contributed by atoms with E-state index in [1.807, 2.05) is 30.9 Å². The van der Waals surface area contributed by atoms with Gasteiger partial charge >= 0.3 is 0 Å². The molecule has 1 atom stereocenters. The van der Waals surface area contributed by atoms with E-state index in [1.54, 1.807) is 14.2 Å². The first kappa shape index (κ1) is 19.3. The van der Waals surface area contributed by atoms with Crippen LogP contribution in [0.4, 0.5) is 0 Å². The van der Waals surface area contributed by atoms with Gasteiger partial charge < -0.3 is 18.9 Å². The average molecular weight is 372 g/mol. The van der Waals surface area contributed by atoms with Gasteiger partial charge in [-0.25, -0.2) is 0 Å². The standard InChI is InChI=1S/C21H28N2O4/c1-14-18(15(2)27-22-14)6-8-21(24)23-10-9-17(13-23)11-16-5-7-19(25-3)20(12-16)26-4/h5,7,12,17H,6,8-11,13H2,1-4H3. The number of methoxy groups -OCH3 is 2. The molecule has 6 nitrogen and oxygen atoms in total. The molecule has 3 rings (SSSR count). The maximum Gasteiger partial charge on any atom is 0.222 e. The number of nitrogens with zero attached hydrogens (tertiary/aromatic N) is 2. The van der Waals surface area contributed by atoms with Crippen LogP contribution in [0.2, 0.25) is 0 Å². The second-order valence-corrected chi connectivity index (χ2v) is 7.19. The van der Waals surface area contributed by atoms with Gasteiger partial charge in [0.2, 0.25) is 5.91 Å². The summed E-state index contributed by atoms with van der Waals surface area (Å²) in [5.41, 5.74) is 3.15. The van der Waals surface area contributed by atoms with Crippen LogP contribution in [0.5, 0.6) is 11.5 Å². The van der Waals surface area contributed by atoms with Crippen molar-refractivity contribution < 1.29 is 18.8 Å². The van der Waals surface area contributed by atoms with Gasteiger partial charge in [-0.15, -0.1) is 0 Å². The normalized spacial score (nSPS) is 16.6. The summed E-state index contributed by atoms with van der Waals surface area (Å²) in [7, 11) is 3.29. The summed E-state index contributed by atoms with van der Waals surface area (Å²) in [6.45, 7) is 5.47. The number of carbonyl (C=O) groups excluding carboxylic acids is 1. The summed E-state index contributed by atoms with van der Waals surface area (Å²) in [6.07, 6.45) is 3.17. The Bertz CT molecular complexity index is 780. The van der Waals surface area contributed by atoms with Gasteiger partial charge in [0, 0.05) is 25.1 Å². The molecule has 146 valence electrons. The molecule has 6 heteroatoms. The Morgan fingerprint density at radius 3 is 2.70 bits per heavy atom. The Morgan fingerprint density at radius 2 is 2.04 bits per heavy atom. The van der Waals surface area contributed by atoms with Gasteiger partial charge in [0.15, 0.2) is 11.5 Å². The van der Waals surface area contributed by atoms with Crippen LogP contribution in [-0.2, 0) is 17.6 Å². The number of aryl methyl sites for hydroxylation is 2. The Morgan fingerprint density at radius 1 is 1.26 bits per heavy atom. The van der Waals surface area contributed by atoms with Gasteiger partial charge in [-0.2, -0.15) is 0 Å². The lowest BCUT2D eigenvalue weighted by molar-refractivity contribution is -0.130. The Kier molecular flexibility index (Phi) is 6.04. The van der Waals surface area contributed by atoms with E-state index in [0.29, 0.717) is 18.8 Å². The van der Waals surface area contributed by atoms with Crippen molar-refractivity contribution in [3.63, 3.8) is 0 Å². The molecule has 2 aromatic rings. The zero-order valence-corrected chi connectivity index (χ0v) is 16.6. The smallest absolute Gasteiger partial charge is 0.222 e. The Balaban J connectivity index is 1.53. The first-order valence-electron chi connectivity index (χ1n) is 9.42. The highest BCUT2D eigenvalue weighted by Gasteiger charge is 2.26. The Hall–Kier alpha value is -2.50. The van der Waals surface area contributed by atoms with E-state index in [4.69, 9.17) is 14.0 Å². The molecule has 1 unspecified atom stereocenters. The van der Waals surface area contributed by atoms with Crippen molar-refractivity contribution >= 4 is 5.91 Å². The largest absolute Gasteiger partial charge is 0.493 e. The number of likely N-dealkylation sites (tertiary alicyclic amines) is 1. The number of carbonyl (C=O) groups is 1.